The van der Waals surface area contributed by atoms with Crippen LogP contribution in [-0.4, -0.2) is 22.0 Å². The monoisotopic (exact) mass is 261 g/mol. The fraction of sp³-hybridized carbons (Fsp3) is 0.467. The first-order chi connectivity index (χ1) is 9.11. The fourth-order valence-electron chi connectivity index (χ4n) is 2.62. The molecule has 19 heavy (non-hydrogen) atoms. The number of nitrogens with zero attached hydrogens (tertiary/aromatic N) is 1. The van der Waals surface area contributed by atoms with E-state index in [-0.39, 0.29) is 0 Å². The highest BCUT2D eigenvalue weighted by atomic mass is 16.4. The Morgan fingerprint density at radius 1 is 1.37 bits per heavy atom. The highest BCUT2D eigenvalue weighted by molar-refractivity contribution is 5.85. The lowest BCUT2D eigenvalue weighted by atomic mass is 9.82. The summed E-state index contributed by atoms with van der Waals surface area (Å²) in [7, 11) is 0. The molecule has 0 amide bonds. The Morgan fingerprint density at radius 2 is 2.05 bits per heavy atom. The number of aliphatic carboxylic acids is 1. The van der Waals surface area contributed by atoms with Crippen molar-refractivity contribution in [2.24, 2.45) is 5.16 Å². The summed E-state index contributed by atoms with van der Waals surface area (Å²) < 4.78 is 0. The van der Waals surface area contributed by atoms with Crippen LogP contribution < -0.4 is 0 Å². The lowest BCUT2D eigenvalue weighted by Gasteiger charge is -2.23. The molecule has 1 aliphatic carbocycles. The molecule has 1 saturated carbocycles. The molecule has 0 aromatic heterocycles. The molecule has 2 atom stereocenters. The molecule has 1 aromatic carbocycles. The molecule has 1 aromatic rings. The Labute approximate surface area is 112 Å². The molecule has 0 bridgehead atoms. The molecule has 2 rings (SSSR count). The molecule has 0 radical (unpaired) electrons. The standard InChI is InChI=1S/C15H19NO3/c1-10(15(17)18)11-5-7-12(8-6-11)13-3-2-4-14(9-13)16-19/h5-8,10,13,19H,2-4,9H2,1H3,(H,17,18). The zero-order chi connectivity index (χ0) is 13.8. The van der Waals surface area contributed by atoms with Gasteiger partial charge >= 0.3 is 5.97 Å². The number of oxime groups is 1. The van der Waals surface area contributed by atoms with Crippen LogP contribution in [0.15, 0.2) is 29.4 Å². The topological polar surface area (TPSA) is 69.9 Å². The summed E-state index contributed by atoms with van der Waals surface area (Å²) in [5, 5.41) is 21.2. The molecule has 4 heteroatoms. The van der Waals surface area contributed by atoms with Crippen molar-refractivity contribution in [3.05, 3.63) is 35.4 Å². The maximum Gasteiger partial charge on any atom is 0.310 e. The Balaban J connectivity index is 2.12. The Morgan fingerprint density at radius 3 is 2.63 bits per heavy atom. The van der Waals surface area contributed by atoms with Gasteiger partial charge in [-0.05, 0) is 49.7 Å². The van der Waals surface area contributed by atoms with Crippen molar-refractivity contribution in [3.8, 4) is 0 Å². The minimum Gasteiger partial charge on any atom is -0.481 e. The number of hydrogen-bond donors (Lipinski definition) is 2. The fourth-order valence-corrected chi connectivity index (χ4v) is 2.62. The van der Waals surface area contributed by atoms with E-state index in [1.807, 2.05) is 24.3 Å². The lowest BCUT2D eigenvalue weighted by Crippen LogP contribution is -2.14. The first-order valence-corrected chi connectivity index (χ1v) is 6.64. The maximum absolute atomic E-state index is 10.9. The van der Waals surface area contributed by atoms with Gasteiger partial charge in [0.15, 0.2) is 0 Å². The maximum atomic E-state index is 10.9. The predicted molar refractivity (Wildman–Crippen MR) is 72.9 cm³/mol. The van der Waals surface area contributed by atoms with E-state index in [0.717, 1.165) is 37.0 Å². The predicted octanol–water partition coefficient (Wildman–Crippen LogP) is 3.36. The lowest BCUT2D eigenvalue weighted by molar-refractivity contribution is -0.138. The van der Waals surface area contributed by atoms with E-state index in [1.54, 1.807) is 6.92 Å². The van der Waals surface area contributed by atoms with Crippen LogP contribution in [0.3, 0.4) is 0 Å². The molecule has 4 nitrogen and oxygen atoms in total. The van der Waals surface area contributed by atoms with Crippen molar-refractivity contribution in [3.63, 3.8) is 0 Å². The summed E-state index contributed by atoms with van der Waals surface area (Å²) in [4.78, 5) is 10.9. The molecule has 0 spiro atoms. The van der Waals surface area contributed by atoms with E-state index in [4.69, 9.17) is 10.3 Å². The Bertz CT molecular complexity index is 479. The van der Waals surface area contributed by atoms with Gasteiger partial charge in [0.1, 0.15) is 0 Å². The molecule has 2 unspecified atom stereocenters. The van der Waals surface area contributed by atoms with E-state index >= 15 is 0 Å². The van der Waals surface area contributed by atoms with Gasteiger partial charge in [-0.15, -0.1) is 0 Å². The second kappa shape index (κ2) is 5.87. The van der Waals surface area contributed by atoms with Gasteiger partial charge in [0.2, 0.25) is 0 Å². The number of benzene rings is 1. The van der Waals surface area contributed by atoms with Gasteiger partial charge in [-0.1, -0.05) is 29.4 Å². The summed E-state index contributed by atoms with van der Waals surface area (Å²) >= 11 is 0. The number of hydrogen-bond acceptors (Lipinski definition) is 3. The number of carboxylic acids is 1. The quantitative estimate of drug-likeness (QED) is 0.647. The van der Waals surface area contributed by atoms with E-state index in [0.29, 0.717) is 5.92 Å². The van der Waals surface area contributed by atoms with Crippen molar-refractivity contribution in [1.29, 1.82) is 0 Å². The molecule has 0 aliphatic heterocycles. The van der Waals surface area contributed by atoms with Gasteiger partial charge < -0.3 is 10.3 Å². The van der Waals surface area contributed by atoms with Gasteiger partial charge in [0.25, 0.3) is 0 Å². The van der Waals surface area contributed by atoms with Crippen molar-refractivity contribution in [2.45, 2.75) is 44.4 Å². The SMILES string of the molecule is CC(C(=O)O)c1ccc(C2CCCC(=NO)C2)cc1. The highest BCUT2D eigenvalue weighted by Gasteiger charge is 2.21. The third-order valence-corrected chi connectivity index (χ3v) is 3.92. The van der Waals surface area contributed by atoms with Crippen molar-refractivity contribution < 1.29 is 15.1 Å². The van der Waals surface area contributed by atoms with Crippen LogP contribution in [0.4, 0.5) is 0 Å². The first-order valence-electron chi connectivity index (χ1n) is 6.64. The summed E-state index contributed by atoms with van der Waals surface area (Å²) in [6.07, 6.45) is 3.80. The van der Waals surface area contributed by atoms with Crippen LogP contribution in [0.5, 0.6) is 0 Å². The van der Waals surface area contributed by atoms with E-state index < -0.39 is 11.9 Å². The minimum absolute atomic E-state index is 0.383. The largest absolute Gasteiger partial charge is 0.481 e. The minimum atomic E-state index is -0.805. The highest BCUT2D eigenvalue weighted by Crippen LogP contribution is 2.32. The van der Waals surface area contributed by atoms with Crippen LogP contribution in [0.1, 0.15) is 55.6 Å². The van der Waals surface area contributed by atoms with Gasteiger partial charge in [0.05, 0.1) is 11.6 Å². The number of carboxylic acid groups (broad SMARTS) is 1. The summed E-state index contributed by atoms with van der Waals surface area (Å²) in [6, 6.07) is 7.77. The zero-order valence-corrected chi connectivity index (χ0v) is 11.0. The van der Waals surface area contributed by atoms with Crippen LogP contribution in [0.2, 0.25) is 0 Å². The van der Waals surface area contributed by atoms with Crippen LogP contribution >= 0.6 is 0 Å². The molecule has 0 saturated heterocycles. The van der Waals surface area contributed by atoms with Gasteiger partial charge in [-0.25, -0.2) is 0 Å². The molecule has 1 aliphatic rings. The first kappa shape index (κ1) is 13.6. The number of rotatable bonds is 3. The summed E-state index contributed by atoms with van der Waals surface area (Å²) in [5.41, 5.74) is 2.88. The molecule has 102 valence electrons. The van der Waals surface area contributed by atoms with Crippen molar-refractivity contribution in [2.75, 3.05) is 0 Å². The van der Waals surface area contributed by atoms with E-state index in [2.05, 4.69) is 5.16 Å². The molecular formula is C15H19NO3. The number of carbonyl (C=O) groups is 1. The summed E-state index contributed by atoms with van der Waals surface area (Å²) in [5.74, 6) is -0.899. The second-order valence-electron chi connectivity index (χ2n) is 5.19. The Kier molecular flexibility index (Phi) is 4.20. The average molecular weight is 261 g/mol. The molecule has 1 fully saturated rings. The van der Waals surface area contributed by atoms with Gasteiger partial charge in [0, 0.05) is 0 Å². The van der Waals surface area contributed by atoms with Gasteiger partial charge in [-0.2, -0.15) is 0 Å². The van der Waals surface area contributed by atoms with Crippen LogP contribution in [-0.2, 0) is 4.79 Å². The molecule has 2 N–H and O–H groups in total. The van der Waals surface area contributed by atoms with Crippen LogP contribution in [0, 0.1) is 0 Å². The van der Waals surface area contributed by atoms with Crippen molar-refractivity contribution >= 4 is 11.7 Å². The van der Waals surface area contributed by atoms with E-state index in [9.17, 15) is 4.79 Å². The molecule has 0 heterocycles. The Hall–Kier alpha value is -1.84. The third-order valence-electron chi connectivity index (χ3n) is 3.92. The molecular weight excluding hydrogens is 242 g/mol. The zero-order valence-electron chi connectivity index (χ0n) is 11.0. The average Bonchev–Trinajstić information content (AvgIpc) is 2.46. The van der Waals surface area contributed by atoms with Crippen LogP contribution in [0.25, 0.3) is 0 Å². The van der Waals surface area contributed by atoms with Gasteiger partial charge in [-0.3, -0.25) is 4.79 Å². The second-order valence-corrected chi connectivity index (χ2v) is 5.19. The summed E-state index contributed by atoms with van der Waals surface area (Å²) in [6.45, 7) is 1.69. The van der Waals surface area contributed by atoms with E-state index in [1.165, 1.54) is 5.56 Å². The van der Waals surface area contributed by atoms with Crippen molar-refractivity contribution in [1.82, 2.24) is 0 Å². The third kappa shape index (κ3) is 3.13. The smallest absolute Gasteiger partial charge is 0.310 e. The normalized spacial score (nSPS) is 23.2.